The zero-order valence-corrected chi connectivity index (χ0v) is 20.9. The number of halogens is 1. The number of hydrogen-bond acceptors (Lipinski definition) is 6. The van der Waals surface area contributed by atoms with Crippen molar-refractivity contribution in [2.75, 3.05) is 32.7 Å². The van der Waals surface area contributed by atoms with Crippen molar-refractivity contribution < 1.29 is 9.18 Å². The molecule has 3 heterocycles. The summed E-state index contributed by atoms with van der Waals surface area (Å²) in [5.74, 6) is 0.879. The molecule has 0 bridgehead atoms. The van der Waals surface area contributed by atoms with Crippen LogP contribution in [0.5, 0.6) is 0 Å². The Kier molecular flexibility index (Phi) is 7.39. The van der Waals surface area contributed by atoms with E-state index in [4.69, 9.17) is 0 Å². The van der Waals surface area contributed by atoms with E-state index in [0.717, 1.165) is 43.9 Å². The number of piperazine rings is 1. The van der Waals surface area contributed by atoms with Gasteiger partial charge in [-0.1, -0.05) is 43.0 Å². The molecular weight excluding hydrogens is 475 g/mol. The van der Waals surface area contributed by atoms with Crippen LogP contribution < -0.4 is 0 Å². The highest BCUT2D eigenvalue weighted by Gasteiger charge is 2.22. The molecule has 36 heavy (non-hydrogen) atoms. The van der Waals surface area contributed by atoms with Gasteiger partial charge in [0, 0.05) is 55.5 Å². The molecule has 1 amide bonds. The smallest absolute Gasteiger partial charge is 0.253 e. The number of aromatic nitrogens is 4. The number of rotatable bonds is 7. The van der Waals surface area contributed by atoms with Crippen LogP contribution in [0.3, 0.4) is 0 Å². The molecule has 0 atom stereocenters. The van der Waals surface area contributed by atoms with Gasteiger partial charge in [-0.05, 0) is 48.5 Å². The predicted molar refractivity (Wildman–Crippen MR) is 139 cm³/mol. The van der Waals surface area contributed by atoms with Crippen molar-refractivity contribution in [3.05, 3.63) is 90.0 Å². The van der Waals surface area contributed by atoms with Gasteiger partial charge in [0.1, 0.15) is 5.82 Å². The molecule has 0 aliphatic carbocycles. The molecule has 1 aliphatic heterocycles. The molecule has 2 aromatic heterocycles. The standard InChI is InChI=1S/C27H27FN6OS/c1-2-32-15-17-33(18-16-32)26(35)22-9-7-20(8-10-22)19-36-27-31-30-25(21-11-13-29-14-12-21)34(27)24-6-4-3-5-23(24)28/h3-14H,2,15-19H2,1H3. The van der Waals surface area contributed by atoms with Crippen molar-refractivity contribution in [1.82, 2.24) is 29.5 Å². The number of pyridine rings is 1. The van der Waals surface area contributed by atoms with Crippen molar-refractivity contribution in [2.45, 2.75) is 17.8 Å². The zero-order valence-electron chi connectivity index (χ0n) is 20.0. The van der Waals surface area contributed by atoms with E-state index in [1.54, 1.807) is 35.2 Å². The van der Waals surface area contributed by atoms with Crippen molar-refractivity contribution in [3.8, 4) is 17.1 Å². The van der Waals surface area contributed by atoms with Crippen LogP contribution in [0.2, 0.25) is 0 Å². The molecule has 0 spiro atoms. The maximum atomic E-state index is 14.8. The van der Waals surface area contributed by atoms with E-state index in [9.17, 15) is 9.18 Å². The second-order valence-electron chi connectivity index (χ2n) is 8.54. The minimum Gasteiger partial charge on any atom is -0.336 e. The Morgan fingerprint density at radius 1 is 0.944 bits per heavy atom. The van der Waals surface area contributed by atoms with Gasteiger partial charge >= 0.3 is 0 Å². The van der Waals surface area contributed by atoms with Crippen LogP contribution in [0.25, 0.3) is 17.1 Å². The first-order chi connectivity index (χ1) is 17.6. The van der Waals surface area contributed by atoms with Gasteiger partial charge in [0.2, 0.25) is 0 Å². The molecule has 0 unspecified atom stereocenters. The number of thioether (sulfide) groups is 1. The summed E-state index contributed by atoms with van der Waals surface area (Å²) in [7, 11) is 0. The average Bonchev–Trinajstić information content (AvgIpc) is 3.36. The fourth-order valence-corrected chi connectivity index (χ4v) is 5.14. The lowest BCUT2D eigenvalue weighted by atomic mass is 10.1. The first kappa shape index (κ1) is 24.1. The summed E-state index contributed by atoms with van der Waals surface area (Å²) in [6.07, 6.45) is 3.35. The summed E-state index contributed by atoms with van der Waals surface area (Å²) in [6, 6.07) is 18.0. The number of likely N-dealkylation sites (N-methyl/N-ethyl adjacent to an activating group) is 1. The highest BCUT2D eigenvalue weighted by molar-refractivity contribution is 7.98. The molecule has 1 saturated heterocycles. The van der Waals surface area contributed by atoms with Crippen LogP contribution >= 0.6 is 11.8 Å². The van der Waals surface area contributed by atoms with E-state index in [1.165, 1.54) is 17.8 Å². The van der Waals surface area contributed by atoms with Crippen LogP contribution in [-0.2, 0) is 5.75 Å². The second-order valence-corrected chi connectivity index (χ2v) is 9.48. The fraction of sp³-hybridized carbons (Fsp3) is 0.259. The topological polar surface area (TPSA) is 67.2 Å². The number of benzene rings is 2. The Morgan fingerprint density at radius 3 is 2.36 bits per heavy atom. The SMILES string of the molecule is CCN1CCN(C(=O)c2ccc(CSc3nnc(-c4ccncc4)n3-c3ccccc3F)cc2)CC1. The lowest BCUT2D eigenvalue weighted by Crippen LogP contribution is -2.48. The second kappa shape index (κ2) is 11.0. The summed E-state index contributed by atoms with van der Waals surface area (Å²) in [5, 5.41) is 9.31. The highest BCUT2D eigenvalue weighted by atomic mass is 32.2. The average molecular weight is 503 g/mol. The van der Waals surface area contributed by atoms with Crippen molar-refractivity contribution in [2.24, 2.45) is 0 Å². The molecule has 2 aromatic carbocycles. The van der Waals surface area contributed by atoms with E-state index in [-0.39, 0.29) is 11.7 Å². The summed E-state index contributed by atoms with van der Waals surface area (Å²) in [5.41, 5.74) is 2.93. The van der Waals surface area contributed by atoms with Crippen LogP contribution in [0.4, 0.5) is 4.39 Å². The first-order valence-corrected chi connectivity index (χ1v) is 13.0. The van der Waals surface area contributed by atoms with Crippen molar-refractivity contribution >= 4 is 17.7 Å². The number of para-hydroxylation sites is 1. The first-order valence-electron chi connectivity index (χ1n) is 12.0. The van der Waals surface area contributed by atoms with Gasteiger partial charge in [0.15, 0.2) is 11.0 Å². The Hall–Kier alpha value is -3.56. The van der Waals surface area contributed by atoms with Crippen LogP contribution in [-0.4, -0.2) is 68.2 Å². The highest BCUT2D eigenvalue weighted by Crippen LogP contribution is 2.30. The summed E-state index contributed by atoms with van der Waals surface area (Å²) < 4.78 is 16.5. The van der Waals surface area contributed by atoms with Gasteiger partial charge in [0.25, 0.3) is 5.91 Å². The molecular formula is C27H27FN6OS. The molecule has 4 aromatic rings. The normalized spacial score (nSPS) is 14.2. The largest absolute Gasteiger partial charge is 0.336 e. The lowest BCUT2D eigenvalue weighted by molar-refractivity contribution is 0.0643. The van der Waals surface area contributed by atoms with Gasteiger partial charge in [-0.2, -0.15) is 0 Å². The van der Waals surface area contributed by atoms with Gasteiger partial charge in [-0.25, -0.2) is 4.39 Å². The fourth-order valence-electron chi connectivity index (χ4n) is 4.24. The molecule has 1 aliphatic rings. The summed E-state index contributed by atoms with van der Waals surface area (Å²) in [4.78, 5) is 21.2. The molecule has 0 saturated carbocycles. The molecule has 1 fully saturated rings. The molecule has 0 N–H and O–H groups in total. The van der Waals surface area contributed by atoms with Crippen LogP contribution in [0.1, 0.15) is 22.8 Å². The van der Waals surface area contributed by atoms with Gasteiger partial charge < -0.3 is 9.80 Å². The van der Waals surface area contributed by atoms with E-state index < -0.39 is 0 Å². The molecule has 184 valence electrons. The zero-order chi connectivity index (χ0) is 24.9. The number of nitrogens with zero attached hydrogens (tertiary/aromatic N) is 6. The van der Waals surface area contributed by atoms with Gasteiger partial charge in [0.05, 0.1) is 5.69 Å². The monoisotopic (exact) mass is 502 g/mol. The Bertz CT molecular complexity index is 1320. The number of hydrogen-bond donors (Lipinski definition) is 0. The maximum Gasteiger partial charge on any atom is 0.253 e. The number of amides is 1. The van der Waals surface area contributed by atoms with Gasteiger partial charge in [-0.15, -0.1) is 10.2 Å². The Balaban J connectivity index is 1.33. The molecule has 0 radical (unpaired) electrons. The quantitative estimate of drug-likeness (QED) is 0.346. The minimum absolute atomic E-state index is 0.0752. The van der Waals surface area contributed by atoms with Gasteiger partial charge in [-0.3, -0.25) is 14.3 Å². The van der Waals surface area contributed by atoms with E-state index in [1.807, 2.05) is 41.3 Å². The van der Waals surface area contributed by atoms with Crippen LogP contribution in [0, 0.1) is 5.82 Å². The molecule has 9 heteroatoms. The maximum absolute atomic E-state index is 14.8. The summed E-state index contributed by atoms with van der Waals surface area (Å²) in [6.45, 7) is 6.52. The molecule has 7 nitrogen and oxygen atoms in total. The number of carbonyl (C=O) groups excluding carboxylic acids is 1. The van der Waals surface area contributed by atoms with E-state index >= 15 is 0 Å². The van der Waals surface area contributed by atoms with E-state index in [2.05, 4.69) is 27.0 Å². The third-order valence-electron chi connectivity index (χ3n) is 6.34. The third kappa shape index (κ3) is 5.17. The van der Waals surface area contributed by atoms with Crippen LogP contribution in [0.15, 0.2) is 78.2 Å². The van der Waals surface area contributed by atoms with Crippen molar-refractivity contribution in [3.63, 3.8) is 0 Å². The molecule has 5 rings (SSSR count). The number of carbonyl (C=O) groups is 1. The predicted octanol–water partition coefficient (Wildman–Crippen LogP) is 4.54. The Morgan fingerprint density at radius 2 is 1.67 bits per heavy atom. The third-order valence-corrected chi connectivity index (χ3v) is 7.34. The Labute approximate surface area is 214 Å². The van der Waals surface area contributed by atoms with E-state index in [0.29, 0.717) is 28.0 Å². The lowest BCUT2D eigenvalue weighted by Gasteiger charge is -2.34. The van der Waals surface area contributed by atoms with Crippen molar-refractivity contribution in [1.29, 1.82) is 0 Å². The minimum atomic E-state index is -0.350. The summed E-state index contributed by atoms with van der Waals surface area (Å²) >= 11 is 1.47.